The normalized spacial score (nSPS) is 19.2. The van der Waals surface area contributed by atoms with Gasteiger partial charge in [-0.15, -0.1) is 0 Å². The van der Waals surface area contributed by atoms with Gasteiger partial charge in [0.15, 0.2) is 0 Å². The molecule has 0 bridgehead atoms. The summed E-state index contributed by atoms with van der Waals surface area (Å²) in [6.45, 7) is 6.07. The van der Waals surface area contributed by atoms with Crippen LogP contribution < -0.4 is 5.32 Å². The number of carboxylic acids is 1. The number of nitrogens with one attached hydrogen (secondary N) is 1. The summed E-state index contributed by atoms with van der Waals surface area (Å²) < 4.78 is 0. The molecular formula is C14H24N2O4. The average molecular weight is 284 g/mol. The van der Waals surface area contributed by atoms with Crippen molar-refractivity contribution in [1.29, 1.82) is 0 Å². The van der Waals surface area contributed by atoms with Crippen molar-refractivity contribution in [3.05, 3.63) is 0 Å². The van der Waals surface area contributed by atoms with Crippen molar-refractivity contribution < 1.29 is 19.5 Å². The maximum Gasteiger partial charge on any atom is 0.329 e. The molecule has 0 aromatic heterocycles. The summed E-state index contributed by atoms with van der Waals surface area (Å²) in [5.41, 5.74) is -1.20. The molecule has 1 rings (SSSR count). The molecule has 1 heterocycles. The van der Waals surface area contributed by atoms with E-state index in [-0.39, 0.29) is 17.7 Å². The maximum atomic E-state index is 12.2. The van der Waals surface area contributed by atoms with Crippen molar-refractivity contribution in [2.24, 2.45) is 5.92 Å². The summed E-state index contributed by atoms with van der Waals surface area (Å²) in [6, 6.07) is 0. The van der Waals surface area contributed by atoms with Gasteiger partial charge >= 0.3 is 5.97 Å². The number of rotatable bonds is 5. The molecule has 2 amide bonds. The van der Waals surface area contributed by atoms with E-state index < -0.39 is 11.5 Å². The van der Waals surface area contributed by atoms with E-state index in [9.17, 15) is 19.5 Å². The molecular weight excluding hydrogens is 260 g/mol. The molecule has 2 N–H and O–H groups in total. The lowest BCUT2D eigenvalue weighted by Gasteiger charge is -2.33. The van der Waals surface area contributed by atoms with Crippen LogP contribution in [0.25, 0.3) is 0 Å². The fraction of sp³-hybridized carbons (Fsp3) is 0.786. The summed E-state index contributed by atoms with van der Waals surface area (Å²) in [5.74, 6) is -1.41. The topological polar surface area (TPSA) is 86.7 Å². The lowest BCUT2D eigenvalue weighted by molar-refractivity contribution is -0.148. The van der Waals surface area contributed by atoms with E-state index in [1.165, 1.54) is 6.92 Å². The molecule has 0 radical (unpaired) electrons. The van der Waals surface area contributed by atoms with Crippen molar-refractivity contribution in [2.45, 2.75) is 52.0 Å². The minimum absolute atomic E-state index is 0.0187. The predicted octanol–water partition coefficient (Wildman–Crippen LogP) is 1.00. The van der Waals surface area contributed by atoms with Crippen molar-refractivity contribution in [3.63, 3.8) is 0 Å². The molecule has 0 aromatic rings. The van der Waals surface area contributed by atoms with Crippen LogP contribution in [-0.4, -0.2) is 46.4 Å². The van der Waals surface area contributed by atoms with E-state index in [1.54, 1.807) is 11.8 Å². The van der Waals surface area contributed by atoms with Crippen LogP contribution in [0.5, 0.6) is 0 Å². The van der Waals surface area contributed by atoms with Gasteiger partial charge in [0.1, 0.15) is 5.54 Å². The van der Waals surface area contributed by atoms with E-state index in [0.29, 0.717) is 38.8 Å². The quantitative estimate of drug-likeness (QED) is 0.788. The Morgan fingerprint density at radius 1 is 1.30 bits per heavy atom. The Balaban J connectivity index is 2.59. The first-order chi connectivity index (χ1) is 9.30. The molecule has 1 atom stereocenters. The molecule has 1 unspecified atom stereocenters. The molecule has 0 saturated carbocycles. The molecule has 1 saturated heterocycles. The van der Waals surface area contributed by atoms with Gasteiger partial charge in [-0.3, -0.25) is 9.59 Å². The molecule has 1 aliphatic heterocycles. The van der Waals surface area contributed by atoms with E-state index in [0.717, 1.165) is 0 Å². The first kappa shape index (κ1) is 16.5. The zero-order valence-electron chi connectivity index (χ0n) is 12.4. The molecule has 1 fully saturated rings. The first-order valence-electron chi connectivity index (χ1n) is 7.11. The number of piperidine rings is 1. The lowest BCUT2D eigenvalue weighted by Crippen LogP contribution is -2.54. The number of carboxylic acid groups (broad SMARTS) is 1. The zero-order chi connectivity index (χ0) is 15.3. The van der Waals surface area contributed by atoms with Crippen LogP contribution in [0.1, 0.15) is 46.5 Å². The van der Waals surface area contributed by atoms with Crippen LogP contribution in [0.3, 0.4) is 0 Å². The standard InChI is InChI=1S/C14H24N2O4/c1-4-7-14(3,13(19)20)15-12(18)11-5-8-16(9-6-11)10(2)17/h11H,4-9H2,1-3H3,(H,15,18)(H,19,20). The highest BCUT2D eigenvalue weighted by Gasteiger charge is 2.36. The van der Waals surface area contributed by atoms with Gasteiger partial charge < -0.3 is 15.3 Å². The minimum Gasteiger partial charge on any atom is -0.480 e. The Morgan fingerprint density at radius 2 is 1.85 bits per heavy atom. The van der Waals surface area contributed by atoms with Crippen molar-refractivity contribution >= 4 is 17.8 Å². The Hall–Kier alpha value is -1.59. The largest absolute Gasteiger partial charge is 0.480 e. The number of carbonyl (C=O) groups is 3. The van der Waals surface area contributed by atoms with Crippen molar-refractivity contribution in [2.75, 3.05) is 13.1 Å². The monoisotopic (exact) mass is 284 g/mol. The van der Waals surface area contributed by atoms with Crippen LogP contribution in [-0.2, 0) is 14.4 Å². The highest BCUT2D eigenvalue weighted by molar-refractivity contribution is 5.88. The molecule has 6 heteroatoms. The molecule has 0 aromatic carbocycles. The third kappa shape index (κ3) is 3.95. The molecule has 0 spiro atoms. The van der Waals surface area contributed by atoms with Crippen LogP contribution in [0.4, 0.5) is 0 Å². The third-order valence-electron chi connectivity index (χ3n) is 3.93. The highest BCUT2D eigenvalue weighted by Crippen LogP contribution is 2.20. The van der Waals surface area contributed by atoms with Gasteiger partial charge in [-0.2, -0.15) is 0 Å². The van der Waals surface area contributed by atoms with Crippen LogP contribution in [0.2, 0.25) is 0 Å². The summed E-state index contributed by atoms with van der Waals surface area (Å²) >= 11 is 0. The summed E-state index contributed by atoms with van der Waals surface area (Å²) in [6.07, 6.45) is 2.27. The predicted molar refractivity (Wildman–Crippen MR) is 74.1 cm³/mol. The number of hydrogen-bond donors (Lipinski definition) is 2. The molecule has 114 valence electrons. The zero-order valence-corrected chi connectivity index (χ0v) is 12.4. The number of hydrogen-bond acceptors (Lipinski definition) is 3. The van der Waals surface area contributed by atoms with E-state index in [4.69, 9.17) is 0 Å². The Bertz CT molecular complexity index is 389. The number of aliphatic carboxylic acids is 1. The number of amides is 2. The Morgan fingerprint density at radius 3 is 2.25 bits per heavy atom. The van der Waals surface area contributed by atoms with Gasteiger partial charge in [-0.1, -0.05) is 13.3 Å². The van der Waals surface area contributed by atoms with E-state index in [1.807, 2.05) is 6.92 Å². The van der Waals surface area contributed by atoms with Gasteiger partial charge in [0.25, 0.3) is 0 Å². The average Bonchev–Trinajstić information content (AvgIpc) is 2.38. The van der Waals surface area contributed by atoms with Crippen LogP contribution >= 0.6 is 0 Å². The molecule has 6 nitrogen and oxygen atoms in total. The SMILES string of the molecule is CCCC(C)(NC(=O)C1CCN(C(C)=O)CC1)C(=O)O. The number of likely N-dealkylation sites (tertiary alicyclic amines) is 1. The fourth-order valence-electron chi connectivity index (χ4n) is 2.55. The van der Waals surface area contributed by atoms with Gasteiger partial charge in [-0.05, 0) is 26.2 Å². The molecule has 20 heavy (non-hydrogen) atoms. The maximum absolute atomic E-state index is 12.2. The van der Waals surface area contributed by atoms with Crippen molar-refractivity contribution in [3.8, 4) is 0 Å². The van der Waals surface area contributed by atoms with E-state index >= 15 is 0 Å². The molecule has 0 aliphatic carbocycles. The smallest absolute Gasteiger partial charge is 0.329 e. The van der Waals surface area contributed by atoms with E-state index in [2.05, 4.69) is 5.32 Å². The van der Waals surface area contributed by atoms with Gasteiger partial charge in [0.2, 0.25) is 11.8 Å². The lowest BCUT2D eigenvalue weighted by atomic mass is 9.91. The fourth-order valence-corrected chi connectivity index (χ4v) is 2.55. The second-order valence-electron chi connectivity index (χ2n) is 5.66. The summed E-state index contributed by atoms with van der Waals surface area (Å²) in [4.78, 5) is 36.4. The number of nitrogens with zero attached hydrogens (tertiary/aromatic N) is 1. The van der Waals surface area contributed by atoms with Gasteiger partial charge in [0, 0.05) is 25.9 Å². The second-order valence-corrected chi connectivity index (χ2v) is 5.66. The second kappa shape index (κ2) is 6.72. The van der Waals surface area contributed by atoms with Crippen LogP contribution in [0.15, 0.2) is 0 Å². The minimum atomic E-state index is -1.20. The molecule has 1 aliphatic rings. The third-order valence-corrected chi connectivity index (χ3v) is 3.93. The van der Waals surface area contributed by atoms with Gasteiger partial charge in [-0.25, -0.2) is 4.79 Å². The van der Waals surface area contributed by atoms with Crippen molar-refractivity contribution in [1.82, 2.24) is 10.2 Å². The van der Waals surface area contributed by atoms with Gasteiger partial charge in [0.05, 0.1) is 0 Å². The highest BCUT2D eigenvalue weighted by atomic mass is 16.4. The summed E-state index contributed by atoms with van der Waals surface area (Å²) in [7, 11) is 0. The Labute approximate surface area is 119 Å². The first-order valence-corrected chi connectivity index (χ1v) is 7.11. The Kier molecular flexibility index (Phi) is 5.53. The summed E-state index contributed by atoms with van der Waals surface area (Å²) in [5, 5.41) is 11.9. The van der Waals surface area contributed by atoms with Crippen LogP contribution in [0, 0.1) is 5.92 Å². The number of carbonyl (C=O) groups excluding carboxylic acids is 2.